The summed E-state index contributed by atoms with van der Waals surface area (Å²) >= 11 is 1.83. The number of rotatable bonds is 4. The van der Waals surface area contributed by atoms with Crippen molar-refractivity contribution in [3.63, 3.8) is 0 Å². The van der Waals surface area contributed by atoms with Gasteiger partial charge in [0.15, 0.2) is 0 Å². The molecule has 0 radical (unpaired) electrons. The Morgan fingerprint density at radius 3 is 2.89 bits per heavy atom. The Morgan fingerprint density at radius 1 is 1.56 bits per heavy atom. The maximum Gasteiger partial charge on any atom is 0.342 e. The van der Waals surface area contributed by atoms with Crippen LogP contribution in [0.1, 0.15) is 16.8 Å². The van der Waals surface area contributed by atoms with Crippen molar-refractivity contribution in [1.82, 2.24) is 0 Å². The van der Waals surface area contributed by atoms with Crippen LogP contribution in [0.15, 0.2) is 18.2 Å². The van der Waals surface area contributed by atoms with Crippen LogP contribution in [0.5, 0.6) is 0 Å². The normalized spacial score (nSPS) is 18.6. The van der Waals surface area contributed by atoms with Gasteiger partial charge in [-0.3, -0.25) is 10.1 Å². The standard InChI is InChI=1S/C11H12N2O4S/c14-11(15)9-5-7(1-2-10(9)13(16)17)12-8-3-4-18-6-8/h1-2,5,8,12H,3-4,6H2,(H,14,15). The number of hydrogen-bond acceptors (Lipinski definition) is 5. The molecule has 18 heavy (non-hydrogen) atoms. The Hall–Kier alpha value is -1.76. The van der Waals surface area contributed by atoms with Gasteiger partial charge in [-0.25, -0.2) is 4.79 Å². The molecule has 0 aromatic heterocycles. The number of nitrogens with zero attached hydrogens (tertiary/aromatic N) is 1. The summed E-state index contributed by atoms with van der Waals surface area (Å²) in [7, 11) is 0. The van der Waals surface area contributed by atoms with Gasteiger partial charge in [0.05, 0.1) is 4.92 Å². The van der Waals surface area contributed by atoms with Crippen molar-refractivity contribution < 1.29 is 14.8 Å². The van der Waals surface area contributed by atoms with Gasteiger partial charge in [0.25, 0.3) is 5.69 Å². The van der Waals surface area contributed by atoms with Gasteiger partial charge in [0, 0.05) is 23.5 Å². The van der Waals surface area contributed by atoms with Crippen LogP contribution in [0.2, 0.25) is 0 Å². The number of anilines is 1. The number of nitro benzene ring substituents is 1. The Labute approximate surface area is 108 Å². The Morgan fingerprint density at radius 2 is 2.33 bits per heavy atom. The number of nitrogens with one attached hydrogen (secondary N) is 1. The summed E-state index contributed by atoms with van der Waals surface area (Å²) in [6.07, 6.45) is 1.02. The largest absolute Gasteiger partial charge is 0.477 e. The van der Waals surface area contributed by atoms with Gasteiger partial charge in [-0.15, -0.1) is 0 Å². The molecule has 1 aromatic rings. The topological polar surface area (TPSA) is 92.5 Å². The number of thioether (sulfide) groups is 1. The molecular weight excluding hydrogens is 256 g/mol. The van der Waals surface area contributed by atoms with Crippen LogP contribution < -0.4 is 5.32 Å². The maximum atomic E-state index is 11.0. The van der Waals surface area contributed by atoms with E-state index >= 15 is 0 Å². The lowest BCUT2D eigenvalue weighted by atomic mass is 10.1. The third-order valence-corrected chi connectivity index (χ3v) is 3.89. The molecule has 1 unspecified atom stereocenters. The number of nitro groups is 1. The molecule has 96 valence electrons. The number of carboxylic acids is 1. The number of carboxylic acid groups (broad SMARTS) is 1. The number of aromatic carboxylic acids is 1. The van der Waals surface area contributed by atoms with E-state index < -0.39 is 10.9 Å². The molecule has 0 saturated carbocycles. The Kier molecular flexibility index (Phi) is 3.71. The highest BCUT2D eigenvalue weighted by Crippen LogP contribution is 2.26. The number of carbonyl (C=O) groups is 1. The van der Waals surface area contributed by atoms with Crippen molar-refractivity contribution >= 4 is 29.1 Å². The van der Waals surface area contributed by atoms with Gasteiger partial charge in [-0.1, -0.05) is 0 Å². The molecule has 1 fully saturated rings. The van der Waals surface area contributed by atoms with Crippen LogP contribution >= 0.6 is 11.8 Å². The van der Waals surface area contributed by atoms with Crippen molar-refractivity contribution in [2.75, 3.05) is 16.8 Å². The molecule has 1 aliphatic rings. The molecule has 2 rings (SSSR count). The van der Waals surface area contributed by atoms with Crippen molar-refractivity contribution in [3.8, 4) is 0 Å². The van der Waals surface area contributed by atoms with E-state index in [1.54, 1.807) is 6.07 Å². The number of benzene rings is 1. The quantitative estimate of drug-likeness (QED) is 0.642. The minimum absolute atomic E-state index is 0.282. The van der Waals surface area contributed by atoms with E-state index in [0.29, 0.717) is 11.7 Å². The van der Waals surface area contributed by atoms with Crippen LogP contribution in [0, 0.1) is 10.1 Å². The van der Waals surface area contributed by atoms with Crippen molar-refractivity contribution in [3.05, 3.63) is 33.9 Å². The van der Waals surface area contributed by atoms with Gasteiger partial charge in [0.2, 0.25) is 0 Å². The molecule has 1 aromatic carbocycles. The second-order valence-electron chi connectivity index (χ2n) is 4.00. The monoisotopic (exact) mass is 268 g/mol. The average molecular weight is 268 g/mol. The van der Waals surface area contributed by atoms with Crippen molar-refractivity contribution in [2.24, 2.45) is 0 Å². The smallest absolute Gasteiger partial charge is 0.342 e. The lowest BCUT2D eigenvalue weighted by molar-refractivity contribution is -0.385. The molecule has 1 saturated heterocycles. The van der Waals surface area contributed by atoms with Crippen molar-refractivity contribution in [1.29, 1.82) is 0 Å². The predicted octanol–water partition coefficient (Wildman–Crippen LogP) is 2.21. The second kappa shape index (κ2) is 5.26. The van der Waals surface area contributed by atoms with E-state index in [2.05, 4.69) is 5.32 Å². The number of hydrogen-bond donors (Lipinski definition) is 2. The van der Waals surface area contributed by atoms with Crippen LogP contribution in [-0.2, 0) is 0 Å². The summed E-state index contributed by atoms with van der Waals surface area (Å²) in [5, 5.41) is 22.9. The molecule has 2 N–H and O–H groups in total. The SMILES string of the molecule is O=C(O)c1cc(NC2CCSC2)ccc1[N+](=O)[O-]. The summed E-state index contributed by atoms with van der Waals surface area (Å²) in [6.45, 7) is 0. The summed E-state index contributed by atoms with van der Waals surface area (Å²) in [5.74, 6) is 0.765. The molecule has 0 aliphatic carbocycles. The minimum Gasteiger partial charge on any atom is -0.477 e. The molecule has 1 atom stereocenters. The van der Waals surface area contributed by atoms with Gasteiger partial charge in [-0.2, -0.15) is 11.8 Å². The molecule has 7 heteroatoms. The van der Waals surface area contributed by atoms with Crippen LogP contribution in [0.4, 0.5) is 11.4 Å². The summed E-state index contributed by atoms with van der Waals surface area (Å²) in [6, 6.07) is 4.41. The fraction of sp³-hybridized carbons (Fsp3) is 0.364. The third-order valence-electron chi connectivity index (χ3n) is 2.72. The molecule has 1 heterocycles. The highest BCUT2D eigenvalue weighted by atomic mass is 32.2. The fourth-order valence-electron chi connectivity index (χ4n) is 1.84. The summed E-state index contributed by atoms with van der Waals surface area (Å²) in [4.78, 5) is 21.0. The molecular formula is C11H12N2O4S. The molecule has 0 amide bonds. The zero-order chi connectivity index (χ0) is 13.1. The molecule has 0 spiro atoms. The average Bonchev–Trinajstić information content (AvgIpc) is 2.81. The molecule has 1 aliphatic heterocycles. The fourth-order valence-corrected chi connectivity index (χ4v) is 2.99. The van der Waals surface area contributed by atoms with Gasteiger partial charge < -0.3 is 10.4 Å². The first-order chi connectivity index (χ1) is 8.58. The Balaban J connectivity index is 2.24. The molecule has 6 nitrogen and oxygen atoms in total. The van der Waals surface area contributed by atoms with E-state index in [-0.39, 0.29) is 11.3 Å². The maximum absolute atomic E-state index is 11.0. The minimum atomic E-state index is -1.29. The third kappa shape index (κ3) is 2.73. The lowest BCUT2D eigenvalue weighted by Crippen LogP contribution is -2.18. The predicted molar refractivity (Wildman–Crippen MR) is 69.4 cm³/mol. The lowest BCUT2D eigenvalue weighted by Gasteiger charge is -2.13. The first-order valence-corrected chi connectivity index (χ1v) is 6.59. The van der Waals surface area contributed by atoms with Crippen LogP contribution in [0.3, 0.4) is 0 Å². The first-order valence-electron chi connectivity index (χ1n) is 5.44. The van der Waals surface area contributed by atoms with Gasteiger partial charge >= 0.3 is 5.97 Å². The summed E-state index contributed by atoms with van der Waals surface area (Å²) < 4.78 is 0. The second-order valence-corrected chi connectivity index (χ2v) is 5.15. The van der Waals surface area contributed by atoms with Crippen LogP contribution in [0.25, 0.3) is 0 Å². The van der Waals surface area contributed by atoms with E-state index in [9.17, 15) is 14.9 Å². The van der Waals surface area contributed by atoms with E-state index in [1.165, 1.54) is 12.1 Å². The van der Waals surface area contributed by atoms with Gasteiger partial charge in [0.1, 0.15) is 5.56 Å². The highest BCUT2D eigenvalue weighted by Gasteiger charge is 2.21. The van der Waals surface area contributed by atoms with Crippen LogP contribution in [-0.4, -0.2) is 33.5 Å². The highest BCUT2D eigenvalue weighted by molar-refractivity contribution is 7.99. The summed E-state index contributed by atoms with van der Waals surface area (Å²) in [5.41, 5.74) is -0.0463. The zero-order valence-corrected chi connectivity index (χ0v) is 10.3. The van der Waals surface area contributed by atoms with E-state index in [0.717, 1.165) is 17.9 Å². The first kappa shape index (κ1) is 12.7. The Bertz CT molecular complexity index is 486. The van der Waals surface area contributed by atoms with E-state index in [4.69, 9.17) is 5.11 Å². The van der Waals surface area contributed by atoms with Gasteiger partial charge in [-0.05, 0) is 24.3 Å². The molecule has 0 bridgehead atoms. The zero-order valence-electron chi connectivity index (χ0n) is 9.46. The van der Waals surface area contributed by atoms with E-state index in [1.807, 2.05) is 11.8 Å². The van der Waals surface area contributed by atoms with Crippen molar-refractivity contribution in [2.45, 2.75) is 12.5 Å².